The quantitative estimate of drug-likeness (QED) is 0.244. The molecule has 0 fully saturated rings. The van der Waals surface area contributed by atoms with Gasteiger partial charge in [0.05, 0.1) is 22.1 Å². The van der Waals surface area contributed by atoms with Crippen LogP contribution in [0.2, 0.25) is 5.02 Å². The minimum atomic E-state index is -0.218. The van der Waals surface area contributed by atoms with Crippen molar-refractivity contribution < 1.29 is 4.74 Å². The first kappa shape index (κ1) is 22.7. The van der Waals surface area contributed by atoms with Gasteiger partial charge in [0.25, 0.3) is 5.56 Å². The average Bonchev–Trinajstić information content (AvgIpc) is 2.79. The zero-order valence-corrected chi connectivity index (χ0v) is 21.0. The number of hydrogen-bond donors (Lipinski definition) is 0. The Hall–Kier alpha value is -2.48. The average molecular weight is 576 g/mol. The Kier molecular flexibility index (Phi) is 7.08. The van der Waals surface area contributed by atoms with E-state index in [1.165, 1.54) is 4.68 Å². The largest absolute Gasteiger partial charge is 0.487 e. The van der Waals surface area contributed by atoms with Crippen molar-refractivity contribution in [3.8, 4) is 5.75 Å². The molecule has 5 nitrogen and oxygen atoms in total. The molecule has 0 aliphatic heterocycles. The van der Waals surface area contributed by atoms with Crippen molar-refractivity contribution in [1.29, 1.82) is 0 Å². The Morgan fingerprint density at radius 1 is 1.06 bits per heavy atom. The number of hydrogen-bond acceptors (Lipinski definition) is 4. The monoisotopic (exact) mass is 573 g/mol. The second-order valence-corrected chi connectivity index (χ2v) is 9.25. The highest BCUT2D eigenvalue weighted by atomic mass is 79.9. The zero-order valence-electron chi connectivity index (χ0n) is 17.1. The summed E-state index contributed by atoms with van der Waals surface area (Å²) in [6, 6.07) is 18.7. The molecule has 0 N–H and O–H groups in total. The predicted molar refractivity (Wildman–Crippen MR) is 136 cm³/mol. The molecular weight excluding hydrogens is 558 g/mol. The van der Waals surface area contributed by atoms with Gasteiger partial charge in [-0.05, 0) is 59.7 Å². The highest BCUT2D eigenvalue weighted by Crippen LogP contribution is 2.26. The molecule has 1 heterocycles. The topological polar surface area (TPSA) is 56.5 Å². The molecule has 0 aliphatic carbocycles. The van der Waals surface area contributed by atoms with Gasteiger partial charge in [-0.15, -0.1) is 0 Å². The number of aromatic nitrogens is 2. The molecule has 0 saturated carbocycles. The van der Waals surface area contributed by atoms with Crippen LogP contribution >= 0.6 is 43.5 Å². The molecule has 0 saturated heterocycles. The number of ether oxygens (including phenoxy) is 1. The summed E-state index contributed by atoms with van der Waals surface area (Å²) < 4.78 is 9.00. The van der Waals surface area contributed by atoms with E-state index in [0.29, 0.717) is 40.5 Å². The number of nitrogens with zero attached hydrogens (tertiary/aromatic N) is 3. The van der Waals surface area contributed by atoms with Crippen molar-refractivity contribution in [3.05, 3.63) is 102 Å². The highest BCUT2D eigenvalue weighted by molar-refractivity contribution is 9.10. The molecule has 0 amide bonds. The molecule has 32 heavy (non-hydrogen) atoms. The second kappa shape index (κ2) is 9.98. The summed E-state index contributed by atoms with van der Waals surface area (Å²) in [5, 5.41) is 5.37. The van der Waals surface area contributed by atoms with E-state index >= 15 is 0 Å². The number of aryl methyl sites for hydroxylation is 1. The van der Waals surface area contributed by atoms with Gasteiger partial charge in [0.15, 0.2) is 0 Å². The Balaban J connectivity index is 1.57. The molecular formula is C24H18Br2ClN3O2. The Morgan fingerprint density at radius 3 is 2.53 bits per heavy atom. The van der Waals surface area contributed by atoms with Gasteiger partial charge in [-0.2, -0.15) is 9.78 Å². The standard InChI is InChI=1S/C24H18Br2ClN3O2/c1-2-23-29-21-9-8-18(26)12-19(21)24(31)30(23)28-13-16-5-10-22(20(27)11-16)32-14-15-3-6-17(25)7-4-15/h3-13H,2,14H2,1H3. The summed E-state index contributed by atoms with van der Waals surface area (Å²) in [5.74, 6) is 1.16. The van der Waals surface area contributed by atoms with Crippen LogP contribution in [0.3, 0.4) is 0 Å². The van der Waals surface area contributed by atoms with Crippen LogP contribution in [0.5, 0.6) is 5.75 Å². The molecule has 3 aromatic carbocycles. The lowest BCUT2D eigenvalue weighted by Crippen LogP contribution is -2.22. The van der Waals surface area contributed by atoms with E-state index in [2.05, 4.69) is 41.9 Å². The van der Waals surface area contributed by atoms with Crippen molar-refractivity contribution in [3.63, 3.8) is 0 Å². The van der Waals surface area contributed by atoms with Gasteiger partial charge in [-0.1, -0.05) is 62.5 Å². The van der Waals surface area contributed by atoms with Crippen molar-refractivity contribution >= 4 is 60.6 Å². The molecule has 162 valence electrons. The third-order valence-corrected chi connectivity index (χ3v) is 6.09. The molecule has 0 unspecified atom stereocenters. The SMILES string of the molecule is CCc1nc2ccc(Br)cc2c(=O)n1N=Cc1ccc(OCc2ccc(Br)cc2)c(Cl)c1. The van der Waals surface area contributed by atoms with Gasteiger partial charge >= 0.3 is 0 Å². The maximum absolute atomic E-state index is 13.0. The fourth-order valence-electron chi connectivity index (χ4n) is 3.12. The summed E-state index contributed by atoms with van der Waals surface area (Å²) in [6.45, 7) is 2.35. The van der Waals surface area contributed by atoms with Crippen LogP contribution in [-0.2, 0) is 13.0 Å². The first-order chi connectivity index (χ1) is 15.4. The lowest BCUT2D eigenvalue weighted by atomic mass is 10.2. The van der Waals surface area contributed by atoms with Crippen LogP contribution in [0, 0.1) is 0 Å². The van der Waals surface area contributed by atoms with Gasteiger partial charge < -0.3 is 4.74 Å². The van der Waals surface area contributed by atoms with Crippen LogP contribution in [0.1, 0.15) is 23.9 Å². The van der Waals surface area contributed by atoms with Crippen LogP contribution < -0.4 is 10.3 Å². The summed E-state index contributed by atoms with van der Waals surface area (Å²) in [5.41, 5.74) is 2.22. The van der Waals surface area contributed by atoms with Crippen molar-refractivity contribution in [2.75, 3.05) is 0 Å². The first-order valence-electron chi connectivity index (χ1n) is 9.87. The van der Waals surface area contributed by atoms with Gasteiger partial charge in [0, 0.05) is 15.4 Å². The van der Waals surface area contributed by atoms with Crippen LogP contribution in [0.15, 0.2) is 79.5 Å². The fourth-order valence-corrected chi connectivity index (χ4v) is 3.99. The third-order valence-electron chi connectivity index (χ3n) is 4.78. The molecule has 0 atom stereocenters. The molecule has 4 aromatic rings. The van der Waals surface area contributed by atoms with Gasteiger partial charge in [0.2, 0.25) is 0 Å². The summed E-state index contributed by atoms with van der Waals surface area (Å²) in [6.07, 6.45) is 2.17. The normalized spacial score (nSPS) is 11.4. The molecule has 4 rings (SSSR count). The van der Waals surface area contributed by atoms with E-state index in [-0.39, 0.29) is 5.56 Å². The third kappa shape index (κ3) is 5.11. The maximum atomic E-state index is 13.0. The van der Waals surface area contributed by atoms with Crippen LogP contribution in [0.25, 0.3) is 10.9 Å². The predicted octanol–water partition coefficient (Wildman–Crippen LogP) is 6.60. The maximum Gasteiger partial charge on any atom is 0.282 e. The molecule has 0 bridgehead atoms. The lowest BCUT2D eigenvalue weighted by molar-refractivity contribution is 0.306. The van der Waals surface area contributed by atoms with Crippen molar-refractivity contribution in [1.82, 2.24) is 9.66 Å². The number of fused-ring (bicyclic) bond motifs is 1. The molecule has 0 spiro atoms. The van der Waals surface area contributed by atoms with Crippen molar-refractivity contribution in [2.24, 2.45) is 5.10 Å². The lowest BCUT2D eigenvalue weighted by Gasteiger charge is -2.09. The minimum absolute atomic E-state index is 0.218. The summed E-state index contributed by atoms with van der Waals surface area (Å²) in [4.78, 5) is 17.6. The highest BCUT2D eigenvalue weighted by Gasteiger charge is 2.10. The fraction of sp³-hybridized carbons (Fsp3) is 0.125. The minimum Gasteiger partial charge on any atom is -0.487 e. The Bertz CT molecular complexity index is 1370. The van der Waals surface area contributed by atoms with E-state index < -0.39 is 0 Å². The number of rotatable bonds is 6. The number of benzene rings is 3. The molecule has 1 aromatic heterocycles. The van der Waals surface area contributed by atoms with E-state index in [0.717, 1.165) is 20.1 Å². The number of halogens is 3. The van der Waals surface area contributed by atoms with E-state index in [1.807, 2.05) is 49.4 Å². The summed E-state index contributed by atoms with van der Waals surface area (Å²) in [7, 11) is 0. The smallest absolute Gasteiger partial charge is 0.282 e. The van der Waals surface area contributed by atoms with Crippen LogP contribution in [0.4, 0.5) is 0 Å². The van der Waals surface area contributed by atoms with Gasteiger partial charge in [0.1, 0.15) is 18.2 Å². The zero-order chi connectivity index (χ0) is 22.7. The Morgan fingerprint density at radius 2 is 1.81 bits per heavy atom. The summed E-state index contributed by atoms with van der Waals surface area (Å²) >= 11 is 13.2. The van der Waals surface area contributed by atoms with Crippen LogP contribution in [-0.4, -0.2) is 15.9 Å². The second-order valence-electron chi connectivity index (χ2n) is 7.01. The van der Waals surface area contributed by atoms with E-state index in [1.54, 1.807) is 24.4 Å². The molecule has 0 radical (unpaired) electrons. The van der Waals surface area contributed by atoms with E-state index in [9.17, 15) is 4.79 Å². The first-order valence-corrected chi connectivity index (χ1v) is 11.8. The molecule has 0 aliphatic rings. The van der Waals surface area contributed by atoms with Crippen molar-refractivity contribution in [2.45, 2.75) is 20.0 Å². The molecule has 8 heteroatoms. The Labute approximate surface area is 207 Å². The van der Waals surface area contributed by atoms with Gasteiger partial charge in [-0.25, -0.2) is 4.98 Å². The van der Waals surface area contributed by atoms with E-state index in [4.69, 9.17) is 16.3 Å². The van der Waals surface area contributed by atoms with Gasteiger partial charge in [-0.3, -0.25) is 4.79 Å².